The van der Waals surface area contributed by atoms with E-state index in [0.29, 0.717) is 5.56 Å². The number of aliphatic carboxylic acids is 1. The van der Waals surface area contributed by atoms with Gasteiger partial charge in [0.1, 0.15) is 5.60 Å². The summed E-state index contributed by atoms with van der Waals surface area (Å²) in [5.74, 6) is -1.07. The Bertz CT molecular complexity index is 447. The predicted molar refractivity (Wildman–Crippen MR) is 68.6 cm³/mol. The van der Waals surface area contributed by atoms with E-state index in [2.05, 4.69) is 5.16 Å². The Kier molecular flexibility index (Phi) is 3.65. The van der Waals surface area contributed by atoms with E-state index >= 15 is 0 Å². The molecule has 4 nitrogen and oxygen atoms in total. The van der Waals surface area contributed by atoms with Gasteiger partial charge in [-0.1, -0.05) is 35.5 Å². The molecule has 1 N–H and O–H groups in total. The highest BCUT2D eigenvalue weighted by atomic mass is 16.7. The second kappa shape index (κ2) is 5.21. The average molecular weight is 247 g/mol. The van der Waals surface area contributed by atoms with Crippen molar-refractivity contribution in [1.29, 1.82) is 0 Å². The van der Waals surface area contributed by atoms with Crippen LogP contribution in [0.5, 0.6) is 0 Å². The summed E-state index contributed by atoms with van der Waals surface area (Å²) in [5, 5.41) is 13.0. The van der Waals surface area contributed by atoms with Gasteiger partial charge in [-0.25, -0.2) is 4.79 Å². The van der Waals surface area contributed by atoms with Gasteiger partial charge in [-0.15, -0.1) is 0 Å². The van der Waals surface area contributed by atoms with Crippen molar-refractivity contribution in [1.82, 2.24) is 0 Å². The number of hydrogen-bond acceptors (Lipinski definition) is 3. The van der Waals surface area contributed by atoms with E-state index in [0.717, 1.165) is 25.7 Å². The van der Waals surface area contributed by atoms with Gasteiger partial charge in [0.05, 0.1) is 0 Å². The molecule has 0 heterocycles. The number of carbonyl (C=O) groups is 1. The number of benzene rings is 1. The van der Waals surface area contributed by atoms with Gasteiger partial charge in [-0.2, -0.15) is 0 Å². The van der Waals surface area contributed by atoms with E-state index in [1.807, 2.05) is 13.0 Å². The molecule has 2 rings (SSSR count). The topological polar surface area (TPSA) is 58.9 Å². The summed E-state index contributed by atoms with van der Waals surface area (Å²) in [7, 11) is 0. The Hall–Kier alpha value is -1.84. The van der Waals surface area contributed by atoms with Gasteiger partial charge in [0, 0.05) is 5.56 Å². The van der Waals surface area contributed by atoms with Crippen LogP contribution in [0.1, 0.15) is 38.2 Å². The van der Waals surface area contributed by atoms with Crippen LogP contribution < -0.4 is 0 Å². The number of hydrogen-bond donors (Lipinski definition) is 1. The molecule has 18 heavy (non-hydrogen) atoms. The monoisotopic (exact) mass is 247 g/mol. The van der Waals surface area contributed by atoms with Crippen LogP contribution in [0, 0.1) is 0 Å². The SMILES string of the molecule is CC1(ON=C(C(=O)O)c2ccccc2)CCCC1. The highest BCUT2D eigenvalue weighted by Gasteiger charge is 2.31. The summed E-state index contributed by atoms with van der Waals surface area (Å²) in [6.07, 6.45) is 4.08. The van der Waals surface area contributed by atoms with E-state index < -0.39 is 5.97 Å². The number of carboxylic acid groups (broad SMARTS) is 1. The molecule has 0 saturated heterocycles. The first-order valence-electron chi connectivity index (χ1n) is 6.16. The zero-order valence-corrected chi connectivity index (χ0v) is 10.4. The smallest absolute Gasteiger partial charge is 0.358 e. The Balaban J connectivity index is 2.18. The molecule has 1 saturated carbocycles. The lowest BCUT2D eigenvalue weighted by molar-refractivity contribution is -0.129. The van der Waals surface area contributed by atoms with Crippen LogP contribution in [-0.4, -0.2) is 22.4 Å². The summed E-state index contributed by atoms with van der Waals surface area (Å²) in [6, 6.07) is 8.83. The maximum absolute atomic E-state index is 11.2. The van der Waals surface area contributed by atoms with Crippen molar-refractivity contribution in [3.8, 4) is 0 Å². The summed E-state index contributed by atoms with van der Waals surface area (Å²) in [5.41, 5.74) is 0.213. The van der Waals surface area contributed by atoms with Crippen LogP contribution in [0.4, 0.5) is 0 Å². The number of oxime groups is 1. The summed E-state index contributed by atoms with van der Waals surface area (Å²) in [4.78, 5) is 16.7. The van der Waals surface area contributed by atoms with Gasteiger partial charge in [-0.3, -0.25) is 0 Å². The van der Waals surface area contributed by atoms with Gasteiger partial charge >= 0.3 is 5.97 Å². The Morgan fingerprint density at radius 1 is 1.28 bits per heavy atom. The fraction of sp³-hybridized carbons (Fsp3) is 0.429. The van der Waals surface area contributed by atoms with Crippen LogP contribution >= 0.6 is 0 Å². The zero-order valence-electron chi connectivity index (χ0n) is 10.4. The van der Waals surface area contributed by atoms with E-state index in [4.69, 9.17) is 4.84 Å². The van der Waals surface area contributed by atoms with Crippen LogP contribution in [0.15, 0.2) is 35.5 Å². The first-order valence-corrected chi connectivity index (χ1v) is 6.16. The molecule has 96 valence electrons. The molecule has 0 bridgehead atoms. The standard InChI is InChI=1S/C14H17NO3/c1-14(9-5-6-10-14)18-15-12(13(16)17)11-7-3-2-4-8-11/h2-4,7-8H,5-6,9-10H2,1H3,(H,16,17). The third kappa shape index (κ3) is 2.88. The van der Waals surface area contributed by atoms with E-state index in [1.165, 1.54) is 0 Å². The minimum Gasteiger partial charge on any atom is -0.476 e. The number of rotatable bonds is 4. The quantitative estimate of drug-likeness (QED) is 0.657. The molecule has 0 aromatic heterocycles. The molecule has 0 radical (unpaired) electrons. The lowest BCUT2D eigenvalue weighted by Gasteiger charge is -2.20. The summed E-state index contributed by atoms with van der Waals surface area (Å²) >= 11 is 0. The van der Waals surface area contributed by atoms with Gasteiger partial charge in [0.25, 0.3) is 0 Å². The van der Waals surface area contributed by atoms with Gasteiger partial charge in [0.2, 0.25) is 0 Å². The summed E-state index contributed by atoms with van der Waals surface area (Å²) < 4.78 is 0. The van der Waals surface area contributed by atoms with Crippen molar-refractivity contribution < 1.29 is 14.7 Å². The molecular weight excluding hydrogens is 230 g/mol. The van der Waals surface area contributed by atoms with Crippen molar-refractivity contribution in [3.05, 3.63) is 35.9 Å². The van der Waals surface area contributed by atoms with Crippen LogP contribution in [-0.2, 0) is 9.63 Å². The van der Waals surface area contributed by atoms with E-state index in [-0.39, 0.29) is 11.3 Å². The van der Waals surface area contributed by atoms with Gasteiger partial charge < -0.3 is 9.94 Å². The molecule has 1 aliphatic carbocycles. The Morgan fingerprint density at radius 3 is 2.44 bits per heavy atom. The molecule has 0 aliphatic heterocycles. The van der Waals surface area contributed by atoms with Crippen LogP contribution in [0.25, 0.3) is 0 Å². The van der Waals surface area contributed by atoms with Gasteiger partial charge in [0.15, 0.2) is 5.71 Å². The molecule has 0 amide bonds. The number of nitrogens with zero attached hydrogens (tertiary/aromatic N) is 1. The molecule has 0 spiro atoms. The van der Waals surface area contributed by atoms with Crippen molar-refractivity contribution >= 4 is 11.7 Å². The fourth-order valence-corrected chi connectivity index (χ4v) is 2.18. The van der Waals surface area contributed by atoms with Crippen LogP contribution in [0.3, 0.4) is 0 Å². The van der Waals surface area contributed by atoms with Crippen molar-refractivity contribution in [2.45, 2.75) is 38.2 Å². The molecule has 1 aromatic carbocycles. The minimum atomic E-state index is -1.07. The molecule has 1 aliphatic rings. The molecule has 1 aromatic rings. The molecule has 1 fully saturated rings. The first kappa shape index (κ1) is 12.6. The molecule has 4 heteroatoms. The van der Waals surface area contributed by atoms with Crippen molar-refractivity contribution in [2.75, 3.05) is 0 Å². The zero-order chi connectivity index (χ0) is 13.0. The highest BCUT2D eigenvalue weighted by Crippen LogP contribution is 2.32. The predicted octanol–water partition coefficient (Wildman–Crippen LogP) is 2.82. The largest absolute Gasteiger partial charge is 0.476 e. The Labute approximate surface area is 106 Å². The lowest BCUT2D eigenvalue weighted by Crippen LogP contribution is -2.24. The first-order chi connectivity index (χ1) is 8.61. The molecule has 0 unspecified atom stereocenters. The van der Waals surface area contributed by atoms with Gasteiger partial charge in [-0.05, 0) is 32.6 Å². The lowest BCUT2D eigenvalue weighted by atomic mass is 10.1. The molecular formula is C14H17NO3. The summed E-state index contributed by atoms with van der Waals surface area (Å²) in [6.45, 7) is 1.98. The maximum atomic E-state index is 11.2. The molecule has 0 atom stereocenters. The third-order valence-corrected chi connectivity index (χ3v) is 3.27. The van der Waals surface area contributed by atoms with Crippen LogP contribution in [0.2, 0.25) is 0 Å². The van der Waals surface area contributed by atoms with E-state index in [1.54, 1.807) is 24.3 Å². The minimum absolute atomic E-state index is 0.0382. The van der Waals surface area contributed by atoms with E-state index in [9.17, 15) is 9.90 Å². The highest BCUT2D eigenvalue weighted by molar-refractivity contribution is 6.42. The van der Waals surface area contributed by atoms with Crippen molar-refractivity contribution in [3.63, 3.8) is 0 Å². The second-order valence-electron chi connectivity index (χ2n) is 4.86. The maximum Gasteiger partial charge on any atom is 0.358 e. The Morgan fingerprint density at radius 2 is 1.89 bits per heavy atom. The third-order valence-electron chi connectivity index (χ3n) is 3.27. The van der Waals surface area contributed by atoms with Crippen molar-refractivity contribution in [2.24, 2.45) is 5.16 Å². The normalized spacial score (nSPS) is 18.6. The average Bonchev–Trinajstić information content (AvgIpc) is 2.78. The second-order valence-corrected chi connectivity index (χ2v) is 4.86. The number of carboxylic acids is 1. The fourth-order valence-electron chi connectivity index (χ4n) is 2.18.